The summed E-state index contributed by atoms with van der Waals surface area (Å²) in [7, 11) is 2.11. The van der Waals surface area contributed by atoms with Gasteiger partial charge in [-0.15, -0.1) is 0 Å². The summed E-state index contributed by atoms with van der Waals surface area (Å²) in [4.78, 5) is 6.21. The maximum Gasteiger partial charge on any atom is 0.435 e. The van der Waals surface area contributed by atoms with E-state index in [0.29, 0.717) is 24.5 Å². The summed E-state index contributed by atoms with van der Waals surface area (Å²) >= 11 is 0. The third-order valence-corrected chi connectivity index (χ3v) is 5.49. The lowest BCUT2D eigenvalue weighted by Gasteiger charge is -2.38. The van der Waals surface area contributed by atoms with Gasteiger partial charge in [-0.1, -0.05) is 6.92 Å². The molecule has 0 radical (unpaired) electrons. The molecule has 2 aliphatic rings. The monoisotopic (exact) mass is 344 g/mol. The largest absolute Gasteiger partial charge is 0.435 e. The van der Waals surface area contributed by atoms with E-state index in [9.17, 15) is 13.2 Å². The van der Waals surface area contributed by atoms with Crippen LogP contribution in [0.4, 0.5) is 13.2 Å². The normalized spacial score (nSPS) is 21.7. The van der Waals surface area contributed by atoms with Crippen molar-refractivity contribution in [2.24, 2.45) is 5.41 Å². The molecule has 1 N–H and O–H groups in total. The highest BCUT2D eigenvalue weighted by molar-refractivity contribution is 5.21. The fraction of sp³-hybridized carbons (Fsp3) is 0.824. The Balaban J connectivity index is 1.69. The van der Waals surface area contributed by atoms with Gasteiger partial charge in [0.05, 0.1) is 5.69 Å². The minimum atomic E-state index is -4.38. The van der Waals surface area contributed by atoms with Gasteiger partial charge in [0.25, 0.3) is 0 Å². The Kier molecular flexibility index (Phi) is 4.93. The van der Waals surface area contributed by atoms with Crippen LogP contribution in [0.15, 0.2) is 0 Å². The van der Waals surface area contributed by atoms with Crippen molar-refractivity contribution in [2.45, 2.75) is 58.3 Å². The molecular weight excluding hydrogens is 317 g/mol. The summed E-state index contributed by atoms with van der Waals surface area (Å²) in [6, 6.07) is 0. The first-order chi connectivity index (χ1) is 11.3. The Morgan fingerprint density at radius 1 is 1.17 bits per heavy atom. The van der Waals surface area contributed by atoms with Crippen molar-refractivity contribution in [2.75, 3.05) is 26.7 Å². The van der Waals surface area contributed by atoms with Gasteiger partial charge in [0, 0.05) is 26.1 Å². The van der Waals surface area contributed by atoms with Gasteiger partial charge in [-0.05, 0) is 51.2 Å². The lowest BCUT2D eigenvalue weighted by Crippen LogP contribution is -2.42. The number of likely N-dealkylation sites (tertiary alicyclic amines) is 1. The number of hydrogen-bond donors (Lipinski definition) is 1. The quantitative estimate of drug-likeness (QED) is 0.911. The minimum absolute atomic E-state index is 0.162. The average molecular weight is 344 g/mol. The second kappa shape index (κ2) is 6.67. The number of nitrogens with zero attached hydrogens (tertiary/aromatic N) is 3. The predicted molar refractivity (Wildman–Crippen MR) is 86.7 cm³/mol. The number of hydrogen-bond acceptors (Lipinski definition) is 3. The summed E-state index contributed by atoms with van der Waals surface area (Å²) in [6.45, 7) is 5.97. The van der Waals surface area contributed by atoms with Crippen molar-refractivity contribution in [3.05, 3.63) is 17.2 Å². The third-order valence-electron chi connectivity index (χ3n) is 5.49. The molecule has 24 heavy (non-hydrogen) atoms. The second-order valence-corrected chi connectivity index (χ2v) is 7.65. The van der Waals surface area contributed by atoms with Gasteiger partial charge >= 0.3 is 6.18 Å². The number of nitrogens with one attached hydrogen (secondary N) is 1. The molecule has 0 unspecified atom stereocenters. The van der Waals surface area contributed by atoms with Crippen molar-refractivity contribution in [3.8, 4) is 0 Å². The topological polar surface area (TPSA) is 33.1 Å². The van der Waals surface area contributed by atoms with Crippen molar-refractivity contribution >= 4 is 0 Å². The van der Waals surface area contributed by atoms with E-state index in [0.717, 1.165) is 45.3 Å². The molecule has 2 aliphatic heterocycles. The van der Waals surface area contributed by atoms with Gasteiger partial charge in [0.15, 0.2) is 5.69 Å². The summed E-state index contributed by atoms with van der Waals surface area (Å²) < 4.78 is 41.8. The van der Waals surface area contributed by atoms with Gasteiger partial charge < -0.3 is 14.8 Å². The Morgan fingerprint density at radius 2 is 1.88 bits per heavy atom. The van der Waals surface area contributed by atoms with Crippen LogP contribution in [0.25, 0.3) is 0 Å². The van der Waals surface area contributed by atoms with Gasteiger partial charge in [0.1, 0.15) is 5.82 Å². The number of alkyl halides is 3. The standard InChI is InChI=1S/C17H27F3N4/c1-16(6-9-23(2)10-7-16)12-21-11-13-15(17(18,19)20)22-14-5-3-4-8-24(13)14/h21H,3-12H2,1-2H3. The number of rotatable bonds is 4. The van der Waals surface area contributed by atoms with Crippen LogP contribution in [0.2, 0.25) is 0 Å². The first-order valence-corrected chi connectivity index (χ1v) is 8.83. The van der Waals surface area contributed by atoms with E-state index in [1.54, 1.807) is 4.57 Å². The van der Waals surface area contributed by atoms with Crippen LogP contribution >= 0.6 is 0 Å². The fourth-order valence-electron chi connectivity index (χ4n) is 3.77. The van der Waals surface area contributed by atoms with Crippen molar-refractivity contribution in [1.82, 2.24) is 19.8 Å². The van der Waals surface area contributed by atoms with Crippen LogP contribution in [0.1, 0.15) is 49.8 Å². The molecule has 7 heteroatoms. The molecule has 1 saturated heterocycles. The maximum atomic E-state index is 13.3. The number of halogens is 3. The summed E-state index contributed by atoms with van der Waals surface area (Å²) in [5.74, 6) is 0.593. The zero-order valence-electron chi connectivity index (χ0n) is 14.5. The van der Waals surface area contributed by atoms with Gasteiger partial charge in [-0.2, -0.15) is 13.2 Å². The zero-order chi connectivity index (χ0) is 17.4. The molecule has 0 spiro atoms. The molecule has 4 nitrogen and oxygen atoms in total. The number of fused-ring (bicyclic) bond motifs is 1. The molecule has 3 heterocycles. The van der Waals surface area contributed by atoms with Gasteiger partial charge in [-0.25, -0.2) is 4.98 Å². The Hall–Kier alpha value is -1.08. The van der Waals surface area contributed by atoms with E-state index < -0.39 is 11.9 Å². The molecule has 136 valence electrons. The Bertz CT molecular complexity index is 571. The van der Waals surface area contributed by atoms with Crippen molar-refractivity contribution < 1.29 is 13.2 Å². The maximum absolute atomic E-state index is 13.3. The van der Waals surface area contributed by atoms with Crippen LogP contribution in [-0.2, 0) is 25.7 Å². The van der Waals surface area contributed by atoms with E-state index in [1.807, 2.05) is 0 Å². The molecule has 1 aromatic rings. The first kappa shape index (κ1) is 17.7. The second-order valence-electron chi connectivity index (χ2n) is 7.65. The van der Waals surface area contributed by atoms with Crippen LogP contribution < -0.4 is 5.32 Å². The lowest BCUT2D eigenvalue weighted by atomic mass is 9.80. The molecule has 1 aromatic heterocycles. The molecule has 0 bridgehead atoms. The van der Waals surface area contributed by atoms with Crippen LogP contribution in [-0.4, -0.2) is 41.1 Å². The number of aryl methyl sites for hydroxylation is 1. The SMILES string of the molecule is CN1CCC(C)(CNCc2c(C(F)(F)F)nc3n2CCCC3)CC1. The van der Waals surface area contributed by atoms with E-state index in [1.165, 1.54) is 0 Å². The number of aromatic nitrogens is 2. The molecule has 0 aliphatic carbocycles. The molecule has 0 aromatic carbocycles. The Labute approximate surface area is 141 Å². The molecule has 0 amide bonds. The highest BCUT2D eigenvalue weighted by Crippen LogP contribution is 2.34. The highest BCUT2D eigenvalue weighted by atomic mass is 19.4. The zero-order valence-corrected chi connectivity index (χ0v) is 14.5. The van der Waals surface area contributed by atoms with E-state index in [-0.39, 0.29) is 12.0 Å². The Morgan fingerprint density at radius 3 is 2.54 bits per heavy atom. The highest BCUT2D eigenvalue weighted by Gasteiger charge is 2.39. The van der Waals surface area contributed by atoms with Gasteiger partial charge in [-0.3, -0.25) is 0 Å². The van der Waals surface area contributed by atoms with E-state index in [2.05, 4.69) is 29.2 Å². The fourth-order valence-corrected chi connectivity index (χ4v) is 3.77. The lowest BCUT2D eigenvalue weighted by molar-refractivity contribution is -0.141. The van der Waals surface area contributed by atoms with Crippen LogP contribution in [0.3, 0.4) is 0 Å². The van der Waals surface area contributed by atoms with Crippen LogP contribution in [0, 0.1) is 5.41 Å². The summed E-state index contributed by atoms with van der Waals surface area (Å²) in [5, 5.41) is 3.30. The molecule has 1 fully saturated rings. The summed E-state index contributed by atoms with van der Waals surface area (Å²) in [6.07, 6.45) is 0.274. The van der Waals surface area contributed by atoms with Crippen molar-refractivity contribution in [1.29, 1.82) is 0 Å². The molecule has 0 atom stereocenters. The molecule has 3 rings (SSSR count). The van der Waals surface area contributed by atoms with Gasteiger partial charge in [0.2, 0.25) is 0 Å². The molecule has 0 saturated carbocycles. The minimum Gasteiger partial charge on any atom is -0.330 e. The number of piperidine rings is 1. The third kappa shape index (κ3) is 3.77. The average Bonchev–Trinajstić information content (AvgIpc) is 2.90. The van der Waals surface area contributed by atoms with E-state index in [4.69, 9.17) is 0 Å². The van der Waals surface area contributed by atoms with Crippen LogP contribution in [0.5, 0.6) is 0 Å². The smallest absolute Gasteiger partial charge is 0.330 e. The van der Waals surface area contributed by atoms with Crippen molar-refractivity contribution in [3.63, 3.8) is 0 Å². The van der Waals surface area contributed by atoms with E-state index >= 15 is 0 Å². The molecular formula is C17H27F3N4. The summed E-state index contributed by atoms with van der Waals surface area (Å²) in [5.41, 5.74) is -0.218. The number of imidazole rings is 1. The predicted octanol–water partition coefficient (Wildman–Crippen LogP) is 3.06. The first-order valence-electron chi connectivity index (χ1n) is 8.83.